The van der Waals surface area contributed by atoms with Gasteiger partial charge in [0.15, 0.2) is 5.78 Å². The van der Waals surface area contributed by atoms with E-state index in [1.807, 2.05) is 23.1 Å². The molecule has 1 aliphatic heterocycles. The average Bonchev–Trinajstić information content (AvgIpc) is 2.79. The first-order valence-electron chi connectivity index (χ1n) is 9.58. The Kier molecular flexibility index (Phi) is 6.50. The van der Waals surface area contributed by atoms with Gasteiger partial charge in [0.25, 0.3) is 0 Å². The molecule has 1 saturated heterocycles. The summed E-state index contributed by atoms with van der Waals surface area (Å²) in [5, 5.41) is 1.36. The minimum Gasteiger partial charge on any atom is -0.366 e. The Hall–Kier alpha value is -2.64. The number of hydrogen-bond donors (Lipinski definition) is 0. The zero-order valence-corrected chi connectivity index (χ0v) is 17.7. The molecule has 0 amide bonds. The van der Waals surface area contributed by atoms with Crippen molar-refractivity contribution in [2.24, 2.45) is 0 Å². The third-order valence-electron chi connectivity index (χ3n) is 4.94. The Balaban J connectivity index is 1.35. The van der Waals surface area contributed by atoms with E-state index in [-0.39, 0.29) is 11.6 Å². The van der Waals surface area contributed by atoms with Crippen molar-refractivity contribution in [1.29, 1.82) is 0 Å². The van der Waals surface area contributed by atoms with Crippen LogP contribution in [-0.4, -0.2) is 47.7 Å². The van der Waals surface area contributed by atoms with E-state index in [0.29, 0.717) is 35.1 Å². The lowest BCUT2D eigenvalue weighted by Gasteiger charge is -2.36. The number of ketones is 1. The van der Waals surface area contributed by atoms with Gasteiger partial charge in [0, 0.05) is 42.8 Å². The van der Waals surface area contributed by atoms with Crippen molar-refractivity contribution in [3.63, 3.8) is 0 Å². The smallest absolute Gasteiger partial charge is 0.173 e. The van der Waals surface area contributed by atoms with Crippen LogP contribution in [0.25, 0.3) is 0 Å². The number of para-hydroxylation sites is 1. The van der Waals surface area contributed by atoms with Crippen molar-refractivity contribution < 1.29 is 9.18 Å². The van der Waals surface area contributed by atoms with Crippen LogP contribution in [0.5, 0.6) is 0 Å². The Bertz CT molecular complexity index is 1030. The van der Waals surface area contributed by atoms with Gasteiger partial charge in [-0.25, -0.2) is 14.4 Å². The maximum absolute atomic E-state index is 14.0. The number of halogens is 2. The Morgan fingerprint density at radius 1 is 1.00 bits per heavy atom. The molecule has 0 aliphatic carbocycles. The van der Waals surface area contributed by atoms with Gasteiger partial charge in [0.2, 0.25) is 0 Å². The second-order valence-corrected chi connectivity index (χ2v) is 8.29. The quantitative estimate of drug-likeness (QED) is 0.316. The SMILES string of the molecule is O=C(CSc1cc(N2CCN(c3ccccc3F)CC2)ncn1)c1ccc(Cl)cc1. The topological polar surface area (TPSA) is 49.3 Å². The van der Waals surface area contributed by atoms with Crippen molar-refractivity contribution >= 4 is 40.7 Å². The van der Waals surface area contributed by atoms with E-state index in [4.69, 9.17) is 11.6 Å². The van der Waals surface area contributed by atoms with Gasteiger partial charge < -0.3 is 9.80 Å². The molecule has 0 atom stereocenters. The highest BCUT2D eigenvalue weighted by Gasteiger charge is 2.20. The van der Waals surface area contributed by atoms with Crippen LogP contribution in [-0.2, 0) is 0 Å². The molecule has 154 valence electrons. The molecule has 1 fully saturated rings. The number of nitrogens with zero attached hydrogens (tertiary/aromatic N) is 4. The first-order chi connectivity index (χ1) is 14.6. The van der Waals surface area contributed by atoms with Crippen LogP contribution in [0.1, 0.15) is 10.4 Å². The number of Topliss-reactive ketones (excluding diaryl/α,β-unsaturated/α-hetero) is 1. The number of carbonyl (C=O) groups is 1. The van der Waals surface area contributed by atoms with Gasteiger partial charge in [0.05, 0.1) is 11.4 Å². The number of hydrogen-bond acceptors (Lipinski definition) is 6. The van der Waals surface area contributed by atoms with Crippen LogP contribution in [0.3, 0.4) is 0 Å². The van der Waals surface area contributed by atoms with Crippen LogP contribution in [0.2, 0.25) is 5.02 Å². The van der Waals surface area contributed by atoms with Crippen LogP contribution in [0, 0.1) is 5.82 Å². The minimum absolute atomic E-state index is 0.0235. The molecule has 4 rings (SSSR count). The van der Waals surface area contributed by atoms with Crippen LogP contribution >= 0.6 is 23.4 Å². The van der Waals surface area contributed by atoms with Crippen molar-refractivity contribution in [3.05, 3.63) is 77.3 Å². The van der Waals surface area contributed by atoms with Gasteiger partial charge in [0.1, 0.15) is 23.0 Å². The fraction of sp³-hybridized carbons (Fsp3) is 0.227. The summed E-state index contributed by atoms with van der Waals surface area (Å²) in [7, 11) is 0. The van der Waals surface area contributed by atoms with E-state index >= 15 is 0 Å². The number of benzene rings is 2. The molecule has 5 nitrogen and oxygen atoms in total. The maximum atomic E-state index is 14.0. The minimum atomic E-state index is -0.197. The number of thioether (sulfide) groups is 1. The molecule has 2 aromatic carbocycles. The molecule has 2 heterocycles. The number of piperazine rings is 1. The number of carbonyl (C=O) groups excluding carboxylic acids is 1. The molecule has 1 aromatic heterocycles. The first-order valence-corrected chi connectivity index (χ1v) is 10.9. The highest BCUT2D eigenvalue weighted by molar-refractivity contribution is 7.99. The van der Waals surface area contributed by atoms with Gasteiger partial charge in [-0.1, -0.05) is 35.5 Å². The van der Waals surface area contributed by atoms with E-state index in [9.17, 15) is 9.18 Å². The van der Waals surface area contributed by atoms with Crippen molar-refractivity contribution in [2.45, 2.75) is 5.03 Å². The fourth-order valence-electron chi connectivity index (χ4n) is 3.33. The Labute approximate surface area is 183 Å². The molecule has 0 N–H and O–H groups in total. The van der Waals surface area contributed by atoms with E-state index in [2.05, 4.69) is 14.9 Å². The van der Waals surface area contributed by atoms with Gasteiger partial charge in [-0.05, 0) is 36.4 Å². The molecule has 0 saturated carbocycles. The lowest BCUT2D eigenvalue weighted by molar-refractivity contribution is 0.102. The third kappa shape index (κ3) is 4.91. The van der Waals surface area contributed by atoms with Gasteiger partial charge >= 0.3 is 0 Å². The molecule has 3 aromatic rings. The maximum Gasteiger partial charge on any atom is 0.173 e. The van der Waals surface area contributed by atoms with Crippen molar-refractivity contribution in [1.82, 2.24) is 9.97 Å². The third-order valence-corrected chi connectivity index (χ3v) is 6.12. The number of anilines is 2. The van der Waals surface area contributed by atoms with Crippen molar-refractivity contribution in [3.8, 4) is 0 Å². The lowest BCUT2D eigenvalue weighted by atomic mass is 10.1. The van der Waals surface area contributed by atoms with Gasteiger partial charge in [-0.3, -0.25) is 4.79 Å². The Morgan fingerprint density at radius 3 is 2.43 bits per heavy atom. The summed E-state index contributed by atoms with van der Waals surface area (Å²) in [5.74, 6) is 0.936. The largest absolute Gasteiger partial charge is 0.366 e. The predicted octanol–water partition coefficient (Wildman–Crippen LogP) is 4.57. The normalized spacial score (nSPS) is 14.1. The summed E-state index contributed by atoms with van der Waals surface area (Å²) in [5.41, 5.74) is 1.27. The molecular weight excluding hydrogens is 423 g/mol. The predicted molar refractivity (Wildman–Crippen MR) is 119 cm³/mol. The summed E-state index contributed by atoms with van der Waals surface area (Å²) < 4.78 is 14.0. The highest BCUT2D eigenvalue weighted by Crippen LogP contribution is 2.24. The van der Waals surface area contributed by atoms with Crippen LogP contribution in [0.15, 0.2) is 66.0 Å². The zero-order chi connectivity index (χ0) is 20.9. The van der Waals surface area contributed by atoms with Gasteiger partial charge in [-0.2, -0.15) is 0 Å². The van der Waals surface area contributed by atoms with Crippen molar-refractivity contribution in [2.75, 3.05) is 41.7 Å². The number of rotatable bonds is 6. The average molecular weight is 443 g/mol. The monoisotopic (exact) mass is 442 g/mol. The van der Waals surface area contributed by atoms with E-state index in [1.54, 1.807) is 30.3 Å². The van der Waals surface area contributed by atoms with Gasteiger partial charge in [-0.15, -0.1) is 0 Å². The molecule has 1 aliphatic rings. The summed E-state index contributed by atoms with van der Waals surface area (Å²) in [6.45, 7) is 2.89. The van der Waals surface area contributed by atoms with E-state index in [0.717, 1.165) is 23.9 Å². The Morgan fingerprint density at radius 2 is 1.70 bits per heavy atom. The van der Waals surface area contributed by atoms with E-state index in [1.165, 1.54) is 24.2 Å². The molecule has 0 radical (unpaired) electrons. The van der Waals surface area contributed by atoms with E-state index < -0.39 is 0 Å². The number of aromatic nitrogens is 2. The standard InChI is InChI=1S/C22H20ClFN4OS/c23-17-7-5-16(6-8-17)20(29)14-30-22-13-21(25-15-26-22)28-11-9-27(10-12-28)19-4-2-1-3-18(19)24/h1-8,13,15H,9-12,14H2. The molecule has 8 heteroatoms. The second-order valence-electron chi connectivity index (χ2n) is 6.86. The molecule has 0 spiro atoms. The molecular formula is C22H20ClFN4OS. The van der Waals surface area contributed by atoms with Crippen LogP contribution in [0.4, 0.5) is 15.9 Å². The summed E-state index contributed by atoms with van der Waals surface area (Å²) >= 11 is 7.26. The molecule has 30 heavy (non-hydrogen) atoms. The fourth-order valence-corrected chi connectivity index (χ4v) is 4.21. The molecule has 0 unspecified atom stereocenters. The zero-order valence-electron chi connectivity index (χ0n) is 16.2. The van der Waals surface area contributed by atoms with Crippen LogP contribution < -0.4 is 9.80 Å². The second kappa shape index (κ2) is 9.45. The summed E-state index contributed by atoms with van der Waals surface area (Å²) in [4.78, 5) is 25.2. The molecule has 0 bridgehead atoms. The lowest BCUT2D eigenvalue weighted by Crippen LogP contribution is -2.47. The highest BCUT2D eigenvalue weighted by atomic mass is 35.5. The summed E-state index contributed by atoms with van der Waals surface area (Å²) in [6.07, 6.45) is 1.52. The summed E-state index contributed by atoms with van der Waals surface area (Å²) in [6, 6.07) is 15.6. The first kappa shape index (κ1) is 20.6.